The Morgan fingerprint density at radius 3 is 2.40 bits per heavy atom. The zero-order valence-electron chi connectivity index (χ0n) is 7.85. The quantitative estimate of drug-likeness (QED) is 0.724. The molecule has 0 amide bonds. The van der Waals surface area contributed by atoms with Gasteiger partial charge in [-0.25, -0.2) is 0 Å². The summed E-state index contributed by atoms with van der Waals surface area (Å²) in [5.41, 5.74) is 2.29. The number of halogens is 1. The minimum atomic E-state index is -0.442. The lowest BCUT2D eigenvalue weighted by Crippen LogP contribution is -1.92. The highest BCUT2D eigenvalue weighted by Gasteiger charge is 2.08. The molecule has 1 aromatic heterocycles. The monoisotopic (exact) mass is 217 g/mol. The van der Waals surface area contributed by atoms with E-state index in [0.29, 0.717) is 5.56 Å². The zero-order valence-corrected chi connectivity index (χ0v) is 8.61. The Morgan fingerprint density at radius 2 is 1.73 bits per heavy atom. The first kappa shape index (κ1) is 9.87. The van der Waals surface area contributed by atoms with Gasteiger partial charge in [0.2, 0.25) is 0 Å². The van der Waals surface area contributed by atoms with Crippen LogP contribution in [-0.4, -0.2) is 10.2 Å². The van der Waals surface area contributed by atoms with Crippen LogP contribution in [0.25, 0.3) is 11.1 Å². The second kappa shape index (κ2) is 4.24. The van der Waals surface area contributed by atoms with Crippen LogP contribution in [0.1, 0.15) is 10.4 Å². The average Bonchev–Trinajstić information content (AvgIpc) is 2.30. The van der Waals surface area contributed by atoms with Gasteiger partial charge < -0.3 is 0 Å². The molecule has 3 heteroatoms. The number of rotatable bonds is 2. The largest absolute Gasteiger partial charge is 0.276 e. The molecule has 0 aliphatic rings. The number of hydrogen-bond donors (Lipinski definition) is 0. The molecule has 0 aliphatic heterocycles. The molecular weight excluding hydrogens is 210 g/mol. The first-order chi connectivity index (χ1) is 7.29. The first-order valence-electron chi connectivity index (χ1n) is 4.48. The SMILES string of the molecule is O=C(Cl)c1ccccc1-c1ccncc1. The Balaban J connectivity index is 2.58. The molecule has 0 aliphatic carbocycles. The van der Waals surface area contributed by atoms with Crippen LogP contribution in [0.4, 0.5) is 0 Å². The van der Waals surface area contributed by atoms with Crippen molar-refractivity contribution >= 4 is 16.8 Å². The van der Waals surface area contributed by atoms with Crippen LogP contribution in [0.3, 0.4) is 0 Å². The normalized spacial score (nSPS) is 9.93. The fraction of sp³-hybridized carbons (Fsp3) is 0. The van der Waals surface area contributed by atoms with Gasteiger partial charge in [0.1, 0.15) is 0 Å². The maximum absolute atomic E-state index is 11.2. The molecule has 0 saturated carbocycles. The number of aromatic nitrogens is 1. The third kappa shape index (κ3) is 2.05. The van der Waals surface area contributed by atoms with Gasteiger partial charge in [0.05, 0.1) is 0 Å². The molecule has 0 spiro atoms. The third-order valence-corrected chi connectivity index (χ3v) is 2.33. The summed E-state index contributed by atoms with van der Waals surface area (Å²) in [4.78, 5) is 15.1. The highest BCUT2D eigenvalue weighted by Crippen LogP contribution is 2.23. The standard InChI is InChI=1S/C12H8ClNO/c13-12(15)11-4-2-1-3-10(11)9-5-7-14-8-6-9/h1-8H. The summed E-state index contributed by atoms with van der Waals surface area (Å²) in [6.07, 6.45) is 3.37. The van der Waals surface area contributed by atoms with E-state index in [1.807, 2.05) is 24.3 Å². The van der Waals surface area contributed by atoms with Gasteiger partial charge in [0, 0.05) is 18.0 Å². The van der Waals surface area contributed by atoms with Crippen LogP contribution in [0, 0.1) is 0 Å². The van der Waals surface area contributed by atoms with E-state index in [9.17, 15) is 4.79 Å². The molecule has 0 fully saturated rings. The highest BCUT2D eigenvalue weighted by molar-refractivity contribution is 6.68. The summed E-state index contributed by atoms with van der Waals surface area (Å²) >= 11 is 5.50. The molecule has 0 atom stereocenters. The van der Waals surface area contributed by atoms with E-state index in [-0.39, 0.29) is 0 Å². The number of carbonyl (C=O) groups excluding carboxylic acids is 1. The van der Waals surface area contributed by atoms with Crippen molar-refractivity contribution in [2.45, 2.75) is 0 Å². The summed E-state index contributed by atoms with van der Waals surface area (Å²) in [6, 6.07) is 10.9. The van der Waals surface area contributed by atoms with E-state index >= 15 is 0 Å². The number of carbonyl (C=O) groups is 1. The molecule has 2 nitrogen and oxygen atoms in total. The molecule has 2 rings (SSSR count). The van der Waals surface area contributed by atoms with Crippen molar-refractivity contribution in [1.29, 1.82) is 0 Å². The molecule has 1 heterocycles. The van der Waals surface area contributed by atoms with Gasteiger partial charge in [-0.2, -0.15) is 0 Å². The number of benzene rings is 1. The lowest BCUT2D eigenvalue weighted by molar-refractivity contribution is 0.108. The fourth-order valence-corrected chi connectivity index (χ4v) is 1.60. The average molecular weight is 218 g/mol. The minimum Gasteiger partial charge on any atom is -0.276 e. The number of nitrogens with zero attached hydrogens (tertiary/aromatic N) is 1. The van der Waals surface area contributed by atoms with Gasteiger partial charge in [-0.1, -0.05) is 18.2 Å². The summed E-state index contributed by atoms with van der Waals surface area (Å²) < 4.78 is 0. The summed E-state index contributed by atoms with van der Waals surface area (Å²) in [7, 11) is 0. The van der Waals surface area contributed by atoms with Crippen molar-refractivity contribution in [3.63, 3.8) is 0 Å². The Labute approximate surface area is 92.5 Å². The number of pyridine rings is 1. The highest BCUT2D eigenvalue weighted by atomic mass is 35.5. The first-order valence-corrected chi connectivity index (χ1v) is 4.86. The Bertz CT molecular complexity index is 482. The van der Waals surface area contributed by atoms with Crippen LogP contribution in [0.5, 0.6) is 0 Å². The summed E-state index contributed by atoms with van der Waals surface area (Å²) in [5.74, 6) is 0. The molecule has 0 bridgehead atoms. The molecule has 0 N–H and O–H groups in total. The Morgan fingerprint density at radius 1 is 1.07 bits per heavy atom. The van der Waals surface area contributed by atoms with E-state index in [2.05, 4.69) is 4.98 Å². The fourth-order valence-electron chi connectivity index (χ4n) is 1.44. The van der Waals surface area contributed by atoms with Crippen LogP contribution < -0.4 is 0 Å². The van der Waals surface area contributed by atoms with Gasteiger partial charge >= 0.3 is 0 Å². The molecular formula is C12H8ClNO. The van der Waals surface area contributed by atoms with Crippen molar-refractivity contribution in [1.82, 2.24) is 4.98 Å². The van der Waals surface area contributed by atoms with Crippen LogP contribution >= 0.6 is 11.6 Å². The Hall–Kier alpha value is -1.67. The van der Waals surface area contributed by atoms with E-state index in [4.69, 9.17) is 11.6 Å². The van der Waals surface area contributed by atoms with Gasteiger partial charge in [0.25, 0.3) is 5.24 Å². The summed E-state index contributed by atoms with van der Waals surface area (Å²) in [6.45, 7) is 0. The van der Waals surface area contributed by atoms with Crippen molar-refractivity contribution in [3.8, 4) is 11.1 Å². The van der Waals surface area contributed by atoms with Gasteiger partial charge in [0.15, 0.2) is 0 Å². The van der Waals surface area contributed by atoms with Gasteiger partial charge in [-0.05, 0) is 40.9 Å². The lowest BCUT2D eigenvalue weighted by atomic mass is 10.0. The van der Waals surface area contributed by atoms with Crippen molar-refractivity contribution in [2.75, 3.05) is 0 Å². The molecule has 74 valence electrons. The third-order valence-electron chi connectivity index (χ3n) is 2.13. The van der Waals surface area contributed by atoms with Crippen molar-refractivity contribution in [3.05, 3.63) is 54.4 Å². The van der Waals surface area contributed by atoms with Crippen LogP contribution in [0.2, 0.25) is 0 Å². The second-order valence-corrected chi connectivity index (χ2v) is 3.40. The second-order valence-electron chi connectivity index (χ2n) is 3.06. The zero-order chi connectivity index (χ0) is 10.7. The topological polar surface area (TPSA) is 30.0 Å². The molecule has 0 unspecified atom stereocenters. The molecule has 15 heavy (non-hydrogen) atoms. The maximum atomic E-state index is 11.2. The van der Waals surface area contributed by atoms with E-state index < -0.39 is 5.24 Å². The molecule has 0 saturated heterocycles. The van der Waals surface area contributed by atoms with E-state index in [1.165, 1.54) is 0 Å². The van der Waals surface area contributed by atoms with Crippen LogP contribution in [0.15, 0.2) is 48.8 Å². The van der Waals surface area contributed by atoms with E-state index in [1.54, 1.807) is 24.5 Å². The van der Waals surface area contributed by atoms with Crippen LogP contribution in [-0.2, 0) is 0 Å². The smallest absolute Gasteiger partial charge is 0.253 e. The summed E-state index contributed by atoms with van der Waals surface area (Å²) in [5, 5.41) is -0.442. The maximum Gasteiger partial charge on any atom is 0.253 e. The predicted octanol–water partition coefficient (Wildman–Crippen LogP) is 3.13. The van der Waals surface area contributed by atoms with E-state index in [0.717, 1.165) is 11.1 Å². The molecule has 1 aromatic carbocycles. The van der Waals surface area contributed by atoms with Crippen molar-refractivity contribution < 1.29 is 4.79 Å². The molecule has 2 aromatic rings. The number of hydrogen-bond acceptors (Lipinski definition) is 2. The Kier molecular flexibility index (Phi) is 2.79. The minimum absolute atomic E-state index is 0.442. The predicted molar refractivity (Wildman–Crippen MR) is 59.9 cm³/mol. The van der Waals surface area contributed by atoms with Crippen molar-refractivity contribution in [2.24, 2.45) is 0 Å². The van der Waals surface area contributed by atoms with Gasteiger partial charge in [-0.15, -0.1) is 0 Å². The lowest BCUT2D eigenvalue weighted by Gasteiger charge is -2.04. The molecule has 0 radical (unpaired) electrons. The van der Waals surface area contributed by atoms with Gasteiger partial charge in [-0.3, -0.25) is 9.78 Å².